The largest absolute Gasteiger partial charge is 0.344 e. The number of nitrogens with zero attached hydrogens (tertiary/aromatic N) is 4. The molecule has 0 aliphatic carbocycles. The lowest BCUT2D eigenvalue weighted by Gasteiger charge is -2.43. The van der Waals surface area contributed by atoms with Crippen LogP contribution >= 0.6 is 0 Å². The molecule has 2 bridgehead atoms. The Kier molecular flexibility index (Phi) is 4.19. The van der Waals surface area contributed by atoms with E-state index in [1.54, 1.807) is 30.7 Å². The molecule has 8 heteroatoms. The number of carbonyl (C=O) groups is 1. The van der Waals surface area contributed by atoms with Gasteiger partial charge in [0.2, 0.25) is 5.91 Å². The van der Waals surface area contributed by atoms with Gasteiger partial charge in [-0.1, -0.05) is 6.07 Å². The van der Waals surface area contributed by atoms with Crippen LogP contribution < -0.4 is 11.1 Å². The van der Waals surface area contributed by atoms with Crippen LogP contribution in [0.25, 0.3) is 11.4 Å². The molecule has 5 rings (SSSR count). The smallest absolute Gasteiger partial charge is 0.261 e. The van der Waals surface area contributed by atoms with E-state index in [2.05, 4.69) is 9.97 Å². The lowest BCUT2D eigenvalue weighted by molar-refractivity contribution is -0.134. The van der Waals surface area contributed by atoms with Crippen LogP contribution in [0.3, 0.4) is 0 Å². The fourth-order valence-electron chi connectivity index (χ4n) is 4.58. The van der Waals surface area contributed by atoms with E-state index in [9.17, 15) is 14.4 Å². The van der Waals surface area contributed by atoms with E-state index < -0.39 is 0 Å². The normalized spacial score (nSPS) is 20.3. The van der Waals surface area contributed by atoms with E-state index in [1.807, 2.05) is 21.6 Å². The Labute approximate surface area is 166 Å². The Bertz CT molecular complexity index is 1180. The van der Waals surface area contributed by atoms with Crippen molar-refractivity contribution < 1.29 is 4.79 Å². The summed E-state index contributed by atoms with van der Waals surface area (Å²) in [6.07, 6.45) is 5.94. The zero-order valence-corrected chi connectivity index (χ0v) is 15.8. The number of hydrogen-bond donors (Lipinski definition) is 1. The number of amides is 1. The summed E-state index contributed by atoms with van der Waals surface area (Å²) < 4.78 is 3.28. The molecule has 0 radical (unpaired) electrons. The van der Waals surface area contributed by atoms with Gasteiger partial charge in [-0.15, -0.1) is 0 Å². The monoisotopic (exact) mass is 391 g/mol. The van der Waals surface area contributed by atoms with Crippen molar-refractivity contribution in [2.24, 2.45) is 5.92 Å². The number of hydrogen-bond acceptors (Lipinski definition) is 4. The summed E-state index contributed by atoms with van der Waals surface area (Å²) in [5.41, 5.74) is 1.31. The van der Waals surface area contributed by atoms with Crippen molar-refractivity contribution in [2.45, 2.75) is 25.4 Å². The molecular formula is C21H21N5O3. The number of fused-ring (bicyclic) bond motifs is 4. The second kappa shape index (κ2) is 6.88. The van der Waals surface area contributed by atoms with Crippen molar-refractivity contribution in [2.75, 3.05) is 13.1 Å². The van der Waals surface area contributed by atoms with Crippen molar-refractivity contribution in [1.82, 2.24) is 24.0 Å². The first-order chi connectivity index (χ1) is 14.1. The van der Waals surface area contributed by atoms with Crippen molar-refractivity contribution in [1.29, 1.82) is 0 Å². The molecule has 1 fully saturated rings. The van der Waals surface area contributed by atoms with Gasteiger partial charge in [0, 0.05) is 55.9 Å². The highest BCUT2D eigenvalue weighted by molar-refractivity contribution is 5.76. The maximum Gasteiger partial charge on any atom is 0.261 e. The number of carbonyl (C=O) groups excluding carboxylic acids is 1. The highest BCUT2D eigenvalue weighted by atomic mass is 16.2. The number of aromatic nitrogens is 4. The molecule has 3 aromatic heterocycles. The van der Waals surface area contributed by atoms with E-state index in [1.165, 1.54) is 10.6 Å². The van der Waals surface area contributed by atoms with Gasteiger partial charge in [0.05, 0.1) is 5.56 Å². The lowest BCUT2D eigenvalue weighted by Crippen LogP contribution is -2.50. The van der Waals surface area contributed by atoms with Gasteiger partial charge < -0.3 is 19.0 Å². The Morgan fingerprint density at radius 2 is 2.03 bits per heavy atom. The molecule has 0 saturated carbocycles. The molecule has 148 valence electrons. The van der Waals surface area contributed by atoms with Gasteiger partial charge in [-0.05, 0) is 30.5 Å². The van der Waals surface area contributed by atoms with E-state index in [-0.39, 0.29) is 35.4 Å². The maximum atomic E-state index is 13.0. The number of rotatable bonds is 3. The van der Waals surface area contributed by atoms with Crippen LogP contribution in [0.5, 0.6) is 0 Å². The molecule has 1 N–H and O–H groups in total. The van der Waals surface area contributed by atoms with Crippen LogP contribution in [0.15, 0.2) is 58.5 Å². The first-order valence-corrected chi connectivity index (χ1v) is 9.77. The minimum absolute atomic E-state index is 0.0391. The van der Waals surface area contributed by atoms with Crippen molar-refractivity contribution in [3.63, 3.8) is 0 Å². The van der Waals surface area contributed by atoms with E-state index in [4.69, 9.17) is 0 Å². The second-order valence-electron chi connectivity index (χ2n) is 7.79. The fraction of sp³-hybridized carbons (Fsp3) is 0.333. The molecule has 0 aromatic carbocycles. The summed E-state index contributed by atoms with van der Waals surface area (Å²) in [7, 11) is 0. The second-order valence-corrected chi connectivity index (χ2v) is 7.79. The lowest BCUT2D eigenvalue weighted by atomic mass is 9.83. The van der Waals surface area contributed by atoms with E-state index >= 15 is 0 Å². The number of likely N-dealkylation sites (tertiary alicyclic amines) is 1. The molecular weight excluding hydrogens is 370 g/mol. The minimum Gasteiger partial charge on any atom is -0.344 e. The number of H-pyrrole nitrogens is 1. The zero-order valence-electron chi connectivity index (χ0n) is 15.8. The minimum atomic E-state index is -0.180. The van der Waals surface area contributed by atoms with Gasteiger partial charge in [0.15, 0.2) is 0 Å². The quantitative estimate of drug-likeness (QED) is 0.722. The summed E-state index contributed by atoms with van der Waals surface area (Å²) in [4.78, 5) is 46.8. The first-order valence-electron chi connectivity index (χ1n) is 9.77. The first kappa shape index (κ1) is 17.7. The summed E-state index contributed by atoms with van der Waals surface area (Å²) in [5.74, 6) is 0.863. The van der Waals surface area contributed by atoms with Gasteiger partial charge in [-0.25, -0.2) is 4.98 Å². The fourth-order valence-corrected chi connectivity index (χ4v) is 4.58. The number of pyridine rings is 2. The standard InChI is InChI=1S/C21H21N5O3/c27-18-3-1-2-8-24(18)13-19(28)25-10-14-9-15(12-25)17-5-4-16(20-22-6-7-23-20)21(29)26(17)11-14/h1-8,14-15H,9-13H2,(H,22,23)/t14-,15+/m0/s1. The molecule has 2 aliphatic heterocycles. The Morgan fingerprint density at radius 3 is 2.83 bits per heavy atom. The molecule has 1 saturated heterocycles. The number of piperidine rings is 1. The van der Waals surface area contributed by atoms with Crippen molar-refractivity contribution in [3.05, 3.63) is 75.3 Å². The molecule has 5 heterocycles. The average molecular weight is 391 g/mol. The van der Waals surface area contributed by atoms with Crippen LogP contribution in [-0.4, -0.2) is 43.0 Å². The molecule has 2 atom stereocenters. The molecule has 0 spiro atoms. The molecule has 2 aliphatic rings. The maximum absolute atomic E-state index is 13.0. The highest BCUT2D eigenvalue weighted by Gasteiger charge is 2.36. The third-order valence-corrected chi connectivity index (χ3v) is 5.91. The zero-order chi connectivity index (χ0) is 20.0. The summed E-state index contributed by atoms with van der Waals surface area (Å²) in [6, 6.07) is 8.67. The van der Waals surface area contributed by atoms with E-state index in [0.717, 1.165) is 12.1 Å². The van der Waals surface area contributed by atoms with Crippen LogP contribution in [0.1, 0.15) is 18.0 Å². The predicted molar refractivity (Wildman–Crippen MR) is 106 cm³/mol. The Balaban J connectivity index is 1.41. The van der Waals surface area contributed by atoms with Crippen LogP contribution in [0.2, 0.25) is 0 Å². The third kappa shape index (κ3) is 3.10. The number of aromatic amines is 1. The Morgan fingerprint density at radius 1 is 1.14 bits per heavy atom. The summed E-state index contributed by atoms with van der Waals surface area (Å²) in [5, 5.41) is 0. The van der Waals surface area contributed by atoms with Gasteiger partial charge in [0.1, 0.15) is 12.4 Å². The number of imidazole rings is 1. The molecule has 1 amide bonds. The SMILES string of the molecule is O=C(Cn1ccccc1=O)N1C[C@@H]2C[C@H](C1)c1ccc(-c3ncc[nH]3)c(=O)n1C2. The van der Waals surface area contributed by atoms with Crippen LogP contribution in [0.4, 0.5) is 0 Å². The van der Waals surface area contributed by atoms with Crippen molar-refractivity contribution in [3.8, 4) is 11.4 Å². The topological polar surface area (TPSA) is 93.0 Å². The van der Waals surface area contributed by atoms with Gasteiger partial charge in [-0.3, -0.25) is 14.4 Å². The van der Waals surface area contributed by atoms with Gasteiger partial charge in [0.25, 0.3) is 11.1 Å². The van der Waals surface area contributed by atoms with Gasteiger partial charge >= 0.3 is 0 Å². The van der Waals surface area contributed by atoms with Gasteiger partial charge in [-0.2, -0.15) is 0 Å². The predicted octanol–water partition coefficient (Wildman–Crippen LogP) is 1.05. The summed E-state index contributed by atoms with van der Waals surface area (Å²) >= 11 is 0. The highest BCUT2D eigenvalue weighted by Crippen LogP contribution is 2.35. The van der Waals surface area contributed by atoms with E-state index in [0.29, 0.717) is 31.0 Å². The Hall–Kier alpha value is -3.42. The average Bonchev–Trinajstić information content (AvgIpc) is 3.25. The van der Waals surface area contributed by atoms with Crippen LogP contribution in [-0.2, 0) is 17.9 Å². The molecule has 0 unspecified atom stereocenters. The molecule has 29 heavy (non-hydrogen) atoms. The summed E-state index contributed by atoms with van der Waals surface area (Å²) in [6.45, 7) is 1.81. The molecule has 8 nitrogen and oxygen atoms in total. The third-order valence-electron chi connectivity index (χ3n) is 5.91. The van der Waals surface area contributed by atoms with Crippen LogP contribution in [0, 0.1) is 5.92 Å². The molecule has 3 aromatic rings. The van der Waals surface area contributed by atoms with Crippen molar-refractivity contribution >= 4 is 5.91 Å². The number of nitrogens with one attached hydrogen (secondary N) is 1.